The van der Waals surface area contributed by atoms with Crippen LogP contribution in [0.1, 0.15) is 24.8 Å². The van der Waals surface area contributed by atoms with Crippen LogP contribution in [0, 0.1) is 0 Å². The molecule has 0 spiro atoms. The molecule has 2 heterocycles. The second-order valence-electron chi connectivity index (χ2n) is 8.36. The lowest BCUT2D eigenvalue weighted by Crippen LogP contribution is -2.43. The molecule has 1 aliphatic heterocycles. The molecule has 2 aromatic carbocycles. The third-order valence-corrected chi connectivity index (χ3v) is 5.63. The Kier molecular flexibility index (Phi) is 8.22. The molecule has 0 unspecified atom stereocenters. The summed E-state index contributed by atoms with van der Waals surface area (Å²) in [6.45, 7) is 1.93. The monoisotopic (exact) mass is 494 g/mol. The summed E-state index contributed by atoms with van der Waals surface area (Å²) >= 11 is 0. The predicted octanol–water partition coefficient (Wildman–Crippen LogP) is 2.30. The number of rotatable bonds is 11. The lowest BCUT2D eigenvalue weighted by Gasteiger charge is -2.15. The number of carbonyl (C=O) groups excluding carboxylic acids is 1. The van der Waals surface area contributed by atoms with Crippen molar-refractivity contribution in [1.82, 2.24) is 20.6 Å². The van der Waals surface area contributed by atoms with Crippen molar-refractivity contribution in [2.24, 2.45) is 4.99 Å². The summed E-state index contributed by atoms with van der Waals surface area (Å²) in [6, 6.07) is 11.8. The molecule has 5 N–H and O–H groups in total. The fourth-order valence-electron chi connectivity index (χ4n) is 3.74. The van der Waals surface area contributed by atoms with E-state index < -0.39 is 12.0 Å². The summed E-state index contributed by atoms with van der Waals surface area (Å²) in [6.07, 6.45) is 2.12. The second-order valence-corrected chi connectivity index (χ2v) is 8.36. The van der Waals surface area contributed by atoms with E-state index in [2.05, 4.69) is 30.9 Å². The average Bonchev–Trinajstić information content (AvgIpc) is 3.29. The number of fused-ring (bicyclic) bond motifs is 1. The van der Waals surface area contributed by atoms with Crippen molar-refractivity contribution in [3.05, 3.63) is 48.0 Å². The van der Waals surface area contributed by atoms with E-state index in [9.17, 15) is 14.7 Å². The Hall–Kier alpha value is -4.28. The van der Waals surface area contributed by atoms with Crippen LogP contribution in [0.3, 0.4) is 0 Å². The number of aliphatic imine (C=N–C) groups is 1. The number of carbonyl (C=O) groups is 2. The van der Waals surface area contributed by atoms with Crippen LogP contribution in [0.15, 0.2) is 47.5 Å². The van der Waals surface area contributed by atoms with Crippen LogP contribution in [0.4, 0.5) is 5.95 Å². The quantitative estimate of drug-likeness (QED) is 0.255. The number of hydrogen-bond donors (Lipinski definition) is 5. The third-order valence-electron chi connectivity index (χ3n) is 5.63. The largest absolute Gasteiger partial charge is 0.497 e. The smallest absolute Gasteiger partial charge is 0.326 e. The van der Waals surface area contributed by atoms with E-state index >= 15 is 0 Å². The van der Waals surface area contributed by atoms with E-state index in [0.717, 1.165) is 30.6 Å². The summed E-state index contributed by atoms with van der Waals surface area (Å²) in [7, 11) is 1.58. The minimum absolute atomic E-state index is 0.0992. The molecule has 1 atom stereocenters. The number of ether oxygens (including phenoxy) is 2. The van der Waals surface area contributed by atoms with E-state index in [-0.39, 0.29) is 12.3 Å². The van der Waals surface area contributed by atoms with E-state index in [0.29, 0.717) is 48.4 Å². The summed E-state index contributed by atoms with van der Waals surface area (Å²) in [4.78, 5) is 35.6. The Bertz CT molecular complexity index is 1220. The molecule has 11 nitrogen and oxygen atoms in total. The number of methoxy groups -OCH3 is 1. The van der Waals surface area contributed by atoms with Crippen LogP contribution in [0.25, 0.3) is 11.0 Å². The molecule has 4 rings (SSSR count). The topological polar surface area (TPSA) is 150 Å². The number of imidazole rings is 1. The van der Waals surface area contributed by atoms with Gasteiger partial charge in [-0.05, 0) is 42.7 Å². The van der Waals surface area contributed by atoms with Gasteiger partial charge in [0.2, 0.25) is 11.9 Å². The Morgan fingerprint density at radius 2 is 1.97 bits per heavy atom. The molecular weight excluding hydrogens is 464 g/mol. The Morgan fingerprint density at radius 3 is 2.69 bits per heavy atom. The van der Waals surface area contributed by atoms with Gasteiger partial charge in [0.05, 0.1) is 24.8 Å². The zero-order valence-electron chi connectivity index (χ0n) is 20.0. The highest BCUT2D eigenvalue weighted by Crippen LogP contribution is 2.21. The van der Waals surface area contributed by atoms with Crippen LogP contribution < -0.4 is 25.4 Å². The zero-order chi connectivity index (χ0) is 25.3. The van der Waals surface area contributed by atoms with Gasteiger partial charge in [0.1, 0.15) is 17.5 Å². The number of anilines is 1. The van der Waals surface area contributed by atoms with Gasteiger partial charge in [-0.1, -0.05) is 12.1 Å². The number of carboxylic acid groups (broad SMARTS) is 1. The Morgan fingerprint density at radius 1 is 1.17 bits per heavy atom. The maximum Gasteiger partial charge on any atom is 0.326 e. The molecular formula is C25H30N6O5. The van der Waals surface area contributed by atoms with Crippen molar-refractivity contribution in [1.29, 1.82) is 0 Å². The number of hydrogen-bond acceptors (Lipinski definition) is 8. The Labute approximate surface area is 208 Å². The van der Waals surface area contributed by atoms with E-state index in [4.69, 9.17) is 9.47 Å². The molecule has 0 aliphatic carbocycles. The number of benzene rings is 2. The first kappa shape index (κ1) is 24.8. The highest BCUT2D eigenvalue weighted by molar-refractivity contribution is 5.97. The number of guanidine groups is 1. The minimum atomic E-state index is -0.985. The lowest BCUT2D eigenvalue weighted by molar-refractivity contribution is -0.137. The van der Waals surface area contributed by atoms with E-state index in [1.807, 2.05) is 24.3 Å². The molecule has 0 saturated heterocycles. The highest BCUT2D eigenvalue weighted by atomic mass is 16.5. The fraction of sp³-hybridized carbons (Fsp3) is 0.360. The van der Waals surface area contributed by atoms with E-state index in [1.165, 1.54) is 0 Å². The lowest BCUT2D eigenvalue weighted by atomic mass is 10.1. The normalized spacial score (nSPS) is 13.9. The molecule has 1 amide bonds. The van der Waals surface area contributed by atoms with Crippen LogP contribution in [-0.4, -0.2) is 65.8 Å². The number of nitrogens with one attached hydrogen (secondary N) is 4. The molecule has 0 radical (unpaired) electrons. The number of H-pyrrole nitrogens is 1. The molecule has 0 fully saturated rings. The van der Waals surface area contributed by atoms with Crippen LogP contribution in [-0.2, 0) is 16.0 Å². The van der Waals surface area contributed by atoms with Gasteiger partial charge in [0, 0.05) is 32.0 Å². The summed E-state index contributed by atoms with van der Waals surface area (Å²) in [5, 5.41) is 18.5. The van der Waals surface area contributed by atoms with Gasteiger partial charge in [0.15, 0.2) is 5.96 Å². The maximum absolute atomic E-state index is 12.0. The molecule has 11 heteroatoms. The van der Waals surface area contributed by atoms with E-state index in [1.54, 1.807) is 25.3 Å². The van der Waals surface area contributed by atoms with Crippen molar-refractivity contribution in [2.45, 2.75) is 31.7 Å². The number of aromatic amines is 1. The number of nitrogens with zero attached hydrogens (tertiary/aromatic N) is 2. The Balaban J connectivity index is 1.24. The number of aliphatic carboxylic acids is 1. The minimum Gasteiger partial charge on any atom is -0.497 e. The van der Waals surface area contributed by atoms with Gasteiger partial charge in [-0.15, -0.1) is 0 Å². The van der Waals surface area contributed by atoms with Gasteiger partial charge in [-0.2, -0.15) is 0 Å². The van der Waals surface area contributed by atoms with Crippen molar-refractivity contribution in [3.8, 4) is 11.5 Å². The SMILES string of the molecule is COc1ccc2[nH]c(N[C@@H](Cc3ccc(OCCCC(=O)NC4=NCCCN4)cc3)C(=O)O)nc2c1. The molecule has 0 saturated carbocycles. The van der Waals surface area contributed by atoms with Crippen LogP contribution in [0.2, 0.25) is 0 Å². The van der Waals surface area contributed by atoms with Crippen molar-refractivity contribution >= 4 is 34.8 Å². The first-order valence-electron chi connectivity index (χ1n) is 11.8. The average molecular weight is 495 g/mol. The molecule has 3 aromatic rings. The second kappa shape index (κ2) is 11.9. The summed E-state index contributed by atoms with van der Waals surface area (Å²) in [5.41, 5.74) is 2.29. The van der Waals surface area contributed by atoms with Crippen LogP contribution >= 0.6 is 0 Å². The third kappa shape index (κ3) is 6.87. The molecule has 1 aromatic heterocycles. The molecule has 190 valence electrons. The summed E-state index contributed by atoms with van der Waals surface area (Å²) in [5.74, 6) is 1.16. The number of aromatic nitrogens is 2. The van der Waals surface area contributed by atoms with Gasteiger partial charge in [0.25, 0.3) is 0 Å². The van der Waals surface area contributed by atoms with Crippen LogP contribution in [0.5, 0.6) is 11.5 Å². The van der Waals surface area contributed by atoms with Gasteiger partial charge >= 0.3 is 5.97 Å². The summed E-state index contributed by atoms with van der Waals surface area (Å²) < 4.78 is 10.9. The highest BCUT2D eigenvalue weighted by Gasteiger charge is 2.19. The van der Waals surface area contributed by atoms with Crippen molar-refractivity contribution in [3.63, 3.8) is 0 Å². The molecule has 36 heavy (non-hydrogen) atoms. The molecule has 1 aliphatic rings. The zero-order valence-corrected chi connectivity index (χ0v) is 20.0. The number of amides is 1. The standard InChI is InChI=1S/C25H30N6O5/c1-35-18-9-10-19-20(15-18)29-25(28-19)30-21(23(33)34)14-16-5-7-17(8-6-16)36-13-2-4-22(32)31-24-26-11-3-12-27-24/h5-10,15,21H,2-4,11-14H2,1H3,(H,33,34)(H2,28,29,30)(H2,26,27,31,32)/t21-/m0/s1. The van der Waals surface area contributed by atoms with Gasteiger partial charge in [-0.3, -0.25) is 15.1 Å². The molecule has 0 bridgehead atoms. The van der Waals surface area contributed by atoms with Crippen molar-refractivity contribution < 1.29 is 24.2 Å². The predicted molar refractivity (Wildman–Crippen MR) is 136 cm³/mol. The first-order chi connectivity index (χ1) is 17.5. The number of carboxylic acids is 1. The van der Waals surface area contributed by atoms with Gasteiger partial charge in [-0.25, -0.2) is 9.78 Å². The first-order valence-corrected chi connectivity index (χ1v) is 11.8. The van der Waals surface area contributed by atoms with Gasteiger partial charge < -0.3 is 30.2 Å². The fourth-order valence-corrected chi connectivity index (χ4v) is 3.74. The maximum atomic E-state index is 12.0. The van der Waals surface area contributed by atoms with Crippen molar-refractivity contribution in [2.75, 3.05) is 32.1 Å².